The van der Waals surface area contributed by atoms with Crippen LogP contribution >= 0.6 is 0 Å². The lowest BCUT2D eigenvalue weighted by atomic mass is 10.2. The van der Waals surface area contributed by atoms with Gasteiger partial charge >= 0.3 is 21.7 Å². The number of fused-ring (bicyclic) bond motifs is 1. The zero-order chi connectivity index (χ0) is 15.8. The van der Waals surface area contributed by atoms with Crippen LogP contribution in [0.5, 0.6) is 5.88 Å². The van der Waals surface area contributed by atoms with E-state index in [0.29, 0.717) is 5.52 Å². The number of alkyl halides is 3. The first-order valence-electron chi connectivity index (χ1n) is 5.21. The Balaban J connectivity index is 2.33. The molecule has 2 aromatic rings. The number of ether oxygens (including phenoxy) is 1. The van der Waals surface area contributed by atoms with E-state index in [1.807, 2.05) is 0 Å². The lowest BCUT2D eigenvalue weighted by Crippen LogP contribution is -2.29. The summed E-state index contributed by atoms with van der Waals surface area (Å²) in [6, 6.07) is 4.67. The Morgan fingerprint density at radius 3 is 2.52 bits per heavy atom. The third kappa shape index (κ3) is 3.18. The number of sulfonamides is 1. The van der Waals surface area contributed by atoms with E-state index in [1.165, 1.54) is 16.9 Å². The Morgan fingerprint density at radius 1 is 1.29 bits per heavy atom. The van der Waals surface area contributed by atoms with Gasteiger partial charge in [0.2, 0.25) is 5.88 Å². The van der Waals surface area contributed by atoms with Gasteiger partial charge in [-0.2, -0.15) is 21.6 Å². The number of halogens is 3. The molecule has 0 saturated heterocycles. The van der Waals surface area contributed by atoms with Crippen molar-refractivity contribution in [1.29, 1.82) is 0 Å². The monoisotopic (exact) mass is 324 g/mol. The number of carbonyl (C=O) groups is 1. The summed E-state index contributed by atoms with van der Waals surface area (Å²) in [4.78, 5) is 12.9. The van der Waals surface area contributed by atoms with Crippen LogP contribution < -0.4 is 9.46 Å². The molecule has 3 N–H and O–H groups in total. The van der Waals surface area contributed by atoms with Crippen LogP contribution in [0.25, 0.3) is 10.9 Å². The molecule has 0 spiro atoms. The first-order valence-corrected chi connectivity index (χ1v) is 6.69. The van der Waals surface area contributed by atoms with E-state index in [4.69, 9.17) is 5.11 Å². The maximum absolute atomic E-state index is 12.2. The van der Waals surface area contributed by atoms with Crippen LogP contribution in [0.1, 0.15) is 0 Å². The number of aromatic nitrogens is 1. The van der Waals surface area contributed by atoms with Crippen molar-refractivity contribution >= 4 is 32.8 Å². The number of hydrogen-bond donors (Lipinski definition) is 3. The molecule has 1 aromatic heterocycles. The summed E-state index contributed by atoms with van der Waals surface area (Å²) < 4.78 is 64.4. The topological polar surface area (TPSA) is 108 Å². The van der Waals surface area contributed by atoms with Gasteiger partial charge in [-0.3, -0.25) is 4.72 Å². The van der Waals surface area contributed by atoms with Gasteiger partial charge in [0, 0.05) is 22.7 Å². The van der Waals surface area contributed by atoms with Crippen molar-refractivity contribution in [1.82, 2.24) is 4.98 Å². The number of anilines is 1. The van der Waals surface area contributed by atoms with Crippen LogP contribution in [-0.2, 0) is 10.0 Å². The van der Waals surface area contributed by atoms with Gasteiger partial charge < -0.3 is 14.8 Å². The molecule has 21 heavy (non-hydrogen) atoms. The van der Waals surface area contributed by atoms with Gasteiger partial charge in [0.05, 0.1) is 0 Å². The van der Waals surface area contributed by atoms with Crippen LogP contribution in [0, 0.1) is 0 Å². The molecule has 7 nitrogen and oxygen atoms in total. The molecule has 1 heterocycles. The van der Waals surface area contributed by atoms with Crippen LogP contribution in [0.4, 0.5) is 23.7 Å². The lowest BCUT2D eigenvalue weighted by Gasteiger charge is -2.10. The summed E-state index contributed by atoms with van der Waals surface area (Å²) in [5.74, 6) is -0.145. The minimum atomic E-state index is -5.52. The predicted molar refractivity (Wildman–Crippen MR) is 65.5 cm³/mol. The minimum absolute atomic E-state index is 0.145. The molecular weight excluding hydrogens is 317 g/mol. The number of carboxylic acid groups (broad SMARTS) is 1. The summed E-state index contributed by atoms with van der Waals surface area (Å²) in [6.07, 6.45) is -1.57. The smallest absolute Gasteiger partial charge is 0.449 e. The zero-order valence-corrected chi connectivity index (χ0v) is 10.7. The Hall–Kier alpha value is -2.43. The zero-order valence-electron chi connectivity index (χ0n) is 9.93. The largest absolute Gasteiger partial charge is 0.516 e. The van der Waals surface area contributed by atoms with Gasteiger partial charge in [0.15, 0.2) is 0 Å². The number of hydrogen-bond acceptors (Lipinski definition) is 4. The molecule has 1 aromatic carbocycles. The van der Waals surface area contributed by atoms with Crippen molar-refractivity contribution in [3.8, 4) is 5.88 Å². The summed E-state index contributed by atoms with van der Waals surface area (Å²) in [6.45, 7) is 0. The standard InChI is InChI=1S/C10H7F3N2O5S/c11-10(12,13)21(18,19)15-6-1-2-7-5(3-6)4-8(14-7)20-9(16)17/h1-4,14-15H,(H,16,17). The maximum Gasteiger partial charge on any atom is 0.516 e. The highest BCUT2D eigenvalue weighted by Crippen LogP contribution is 2.28. The van der Waals surface area contributed by atoms with Crippen LogP contribution in [-0.4, -0.2) is 30.2 Å². The maximum atomic E-state index is 12.2. The molecule has 0 saturated carbocycles. The van der Waals surface area contributed by atoms with Crippen LogP contribution in [0.15, 0.2) is 24.3 Å². The predicted octanol–water partition coefficient (Wildman–Crippen LogP) is 2.49. The van der Waals surface area contributed by atoms with Crippen molar-refractivity contribution < 1.29 is 36.2 Å². The van der Waals surface area contributed by atoms with E-state index in [2.05, 4.69) is 9.72 Å². The molecule has 0 unspecified atom stereocenters. The van der Waals surface area contributed by atoms with Crippen molar-refractivity contribution in [3.63, 3.8) is 0 Å². The summed E-state index contributed by atoms with van der Waals surface area (Å²) in [5, 5.41) is 8.70. The molecule has 0 fully saturated rings. The van der Waals surface area contributed by atoms with Crippen molar-refractivity contribution in [3.05, 3.63) is 24.3 Å². The molecule has 0 aliphatic heterocycles. The highest BCUT2D eigenvalue weighted by atomic mass is 32.2. The Morgan fingerprint density at radius 2 is 1.95 bits per heavy atom. The van der Waals surface area contributed by atoms with Gasteiger partial charge in [-0.1, -0.05) is 0 Å². The Kier molecular flexibility index (Phi) is 3.45. The molecule has 0 aliphatic carbocycles. The fourth-order valence-electron chi connectivity index (χ4n) is 1.53. The van der Waals surface area contributed by atoms with Gasteiger partial charge in [0.1, 0.15) is 0 Å². The van der Waals surface area contributed by atoms with E-state index in [1.54, 1.807) is 0 Å². The average Bonchev–Trinajstić information content (AvgIpc) is 2.67. The fraction of sp³-hybridized carbons (Fsp3) is 0.100. The van der Waals surface area contributed by atoms with E-state index in [-0.39, 0.29) is 17.0 Å². The second kappa shape index (κ2) is 4.84. The fourth-order valence-corrected chi connectivity index (χ4v) is 2.08. The first-order chi connectivity index (χ1) is 9.58. The highest BCUT2D eigenvalue weighted by molar-refractivity contribution is 7.93. The average molecular weight is 324 g/mol. The Labute approximate surface area is 115 Å². The number of H-pyrrole nitrogens is 1. The second-order valence-corrected chi connectivity index (χ2v) is 5.53. The van der Waals surface area contributed by atoms with E-state index >= 15 is 0 Å². The van der Waals surface area contributed by atoms with Gasteiger partial charge in [-0.05, 0) is 18.2 Å². The molecule has 2 rings (SSSR count). The molecule has 0 atom stereocenters. The lowest BCUT2D eigenvalue weighted by molar-refractivity contribution is -0.0429. The third-order valence-electron chi connectivity index (χ3n) is 2.35. The van der Waals surface area contributed by atoms with E-state index < -0.39 is 21.7 Å². The first kappa shape index (κ1) is 15.0. The van der Waals surface area contributed by atoms with E-state index in [0.717, 1.165) is 12.1 Å². The summed E-state index contributed by atoms with van der Waals surface area (Å²) in [5.41, 5.74) is -5.39. The number of aromatic amines is 1. The highest BCUT2D eigenvalue weighted by Gasteiger charge is 2.46. The summed E-state index contributed by atoms with van der Waals surface area (Å²) in [7, 11) is -5.52. The van der Waals surface area contributed by atoms with Gasteiger partial charge in [0.25, 0.3) is 0 Å². The summed E-state index contributed by atoms with van der Waals surface area (Å²) >= 11 is 0. The quantitative estimate of drug-likeness (QED) is 0.752. The van der Waals surface area contributed by atoms with Crippen molar-refractivity contribution in [2.24, 2.45) is 0 Å². The molecule has 0 amide bonds. The molecule has 0 bridgehead atoms. The van der Waals surface area contributed by atoms with Gasteiger partial charge in [-0.25, -0.2) is 4.79 Å². The molecule has 0 aliphatic rings. The Bertz CT molecular complexity index is 797. The van der Waals surface area contributed by atoms with Crippen LogP contribution in [0.2, 0.25) is 0 Å². The number of benzene rings is 1. The molecule has 11 heteroatoms. The third-order valence-corrected chi connectivity index (χ3v) is 3.46. The minimum Gasteiger partial charge on any atom is -0.449 e. The van der Waals surface area contributed by atoms with Crippen molar-refractivity contribution in [2.75, 3.05) is 4.72 Å². The number of nitrogens with one attached hydrogen (secondary N) is 2. The molecular formula is C10H7F3N2O5S. The molecule has 0 radical (unpaired) electrons. The normalized spacial score (nSPS) is 12.3. The number of rotatable bonds is 3. The van der Waals surface area contributed by atoms with Gasteiger partial charge in [-0.15, -0.1) is 0 Å². The van der Waals surface area contributed by atoms with E-state index in [9.17, 15) is 26.4 Å². The second-order valence-electron chi connectivity index (χ2n) is 3.85. The van der Waals surface area contributed by atoms with Crippen LogP contribution in [0.3, 0.4) is 0 Å². The SMILES string of the molecule is O=C(O)Oc1cc2cc(NS(=O)(=O)C(F)(F)F)ccc2[nH]1. The van der Waals surface area contributed by atoms with Crippen molar-refractivity contribution in [2.45, 2.75) is 5.51 Å². The molecule has 114 valence electrons.